The molecule has 4 nitrogen and oxygen atoms in total. The van der Waals surface area contributed by atoms with Crippen LogP contribution < -0.4 is 4.74 Å². The van der Waals surface area contributed by atoms with Crippen molar-refractivity contribution in [3.05, 3.63) is 28.8 Å². The molecule has 0 saturated heterocycles. The Morgan fingerprint density at radius 1 is 1.29 bits per heavy atom. The van der Waals surface area contributed by atoms with Crippen molar-refractivity contribution in [1.82, 2.24) is 0 Å². The minimum absolute atomic E-state index is 0.264. The van der Waals surface area contributed by atoms with E-state index in [0.717, 1.165) is 37.7 Å². The van der Waals surface area contributed by atoms with Crippen LogP contribution in [0.3, 0.4) is 0 Å². The van der Waals surface area contributed by atoms with Crippen LogP contribution in [0.25, 0.3) is 0 Å². The Morgan fingerprint density at radius 3 is 2.21 bits per heavy atom. The summed E-state index contributed by atoms with van der Waals surface area (Å²) >= 11 is 6.12. The zero-order chi connectivity index (χ0) is 18.3. The summed E-state index contributed by atoms with van der Waals surface area (Å²) < 4.78 is 36.9. The van der Waals surface area contributed by atoms with Gasteiger partial charge < -0.3 is 14.6 Å². The summed E-state index contributed by atoms with van der Waals surface area (Å²) in [5, 5.41) is 7.79. The Labute approximate surface area is 142 Å². The van der Waals surface area contributed by atoms with Gasteiger partial charge in [-0.3, -0.25) is 0 Å². The highest BCUT2D eigenvalue weighted by Crippen LogP contribution is 2.37. The molecule has 0 amide bonds. The molecule has 0 radical (unpaired) electrons. The number of hydrogen-bond donors (Lipinski definition) is 1. The normalized spacial score (nSPS) is 20.5. The molecule has 1 N–H and O–H groups in total. The standard InChI is InChI=1S/C14H17ClO2.C2HF3O2/c1-17-14-7-6-12(8-13(14)15)11-4-2-10(9-16)3-5-11;3-2(4,5)1(6)7/h6-11H,2-5H2,1H3;(H,6,7). The Bertz CT molecular complexity index is 567. The van der Waals surface area contributed by atoms with E-state index in [1.54, 1.807) is 7.11 Å². The lowest BCUT2D eigenvalue weighted by Crippen LogP contribution is -2.21. The smallest absolute Gasteiger partial charge is 0.490 e. The van der Waals surface area contributed by atoms with Gasteiger partial charge in [-0.2, -0.15) is 13.2 Å². The molecular weight excluding hydrogens is 349 g/mol. The number of benzene rings is 1. The molecule has 0 aliphatic heterocycles. The van der Waals surface area contributed by atoms with E-state index < -0.39 is 12.1 Å². The number of aliphatic carboxylic acids is 1. The van der Waals surface area contributed by atoms with Gasteiger partial charge in [-0.15, -0.1) is 0 Å². The minimum atomic E-state index is -5.08. The van der Waals surface area contributed by atoms with Crippen LogP contribution in [-0.4, -0.2) is 30.6 Å². The first kappa shape index (κ1) is 20.3. The first-order chi connectivity index (χ1) is 11.2. The average Bonchev–Trinajstić information content (AvgIpc) is 2.54. The van der Waals surface area contributed by atoms with Crippen LogP contribution in [0.1, 0.15) is 37.2 Å². The van der Waals surface area contributed by atoms with Crippen LogP contribution in [0.4, 0.5) is 13.2 Å². The number of carboxylic acid groups (broad SMARTS) is 1. The predicted molar refractivity (Wildman–Crippen MR) is 82.5 cm³/mol. The van der Waals surface area contributed by atoms with E-state index in [9.17, 15) is 18.0 Å². The molecule has 0 atom stereocenters. The summed E-state index contributed by atoms with van der Waals surface area (Å²) in [7, 11) is 1.62. The van der Waals surface area contributed by atoms with Crippen LogP contribution in [0.15, 0.2) is 18.2 Å². The van der Waals surface area contributed by atoms with E-state index in [1.165, 1.54) is 5.56 Å². The highest BCUT2D eigenvalue weighted by Gasteiger charge is 2.38. The summed E-state index contributed by atoms with van der Waals surface area (Å²) in [5.74, 6) is -1.24. The zero-order valence-electron chi connectivity index (χ0n) is 13.0. The minimum Gasteiger partial charge on any atom is -0.495 e. The zero-order valence-corrected chi connectivity index (χ0v) is 13.7. The molecule has 1 aromatic rings. The third kappa shape index (κ3) is 6.03. The molecule has 0 aromatic heterocycles. The number of rotatable bonds is 3. The van der Waals surface area contributed by atoms with Gasteiger partial charge in [0.15, 0.2) is 0 Å². The molecule has 134 valence electrons. The van der Waals surface area contributed by atoms with E-state index in [2.05, 4.69) is 6.07 Å². The third-order valence-electron chi connectivity index (χ3n) is 3.85. The monoisotopic (exact) mass is 366 g/mol. The lowest BCUT2D eigenvalue weighted by Gasteiger charge is -2.26. The summed E-state index contributed by atoms with van der Waals surface area (Å²) in [6, 6.07) is 5.99. The van der Waals surface area contributed by atoms with Gasteiger partial charge >= 0.3 is 12.1 Å². The number of methoxy groups -OCH3 is 1. The van der Waals surface area contributed by atoms with Crippen molar-refractivity contribution >= 4 is 23.9 Å². The van der Waals surface area contributed by atoms with Crippen molar-refractivity contribution in [2.24, 2.45) is 5.92 Å². The molecule has 1 aliphatic rings. The fourth-order valence-corrected chi connectivity index (χ4v) is 2.79. The van der Waals surface area contributed by atoms with Gasteiger partial charge in [-0.1, -0.05) is 17.7 Å². The SMILES string of the molecule is COc1ccc(C2CCC(C=O)CC2)cc1Cl.O=C(O)C(F)(F)F. The molecule has 0 bridgehead atoms. The number of hydrogen-bond acceptors (Lipinski definition) is 3. The van der Waals surface area contributed by atoms with Crippen molar-refractivity contribution in [1.29, 1.82) is 0 Å². The Hall–Kier alpha value is -1.76. The molecule has 8 heteroatoms. The molecule has 0 spiro atoms. The van der Waals surface area contributed by atoms with E-state index in [4.69, 9.17) is 26.2 Å². The van der Waals surface area contributed by atoms with E-state index in [1.807, 2.05) is 12.1 Å². The quantitative estimate of drug-likeness (QED) is 0.802. The average molecular weight is 367 g/mol. The number of carbonyl (C=O) groups excluding carboxylic acids is 1. The van der Waals surface area contributed by atoms with Crippen LogP contribution >= 0.6 is 11.6 Å². The van der Waals surface area contributed by atoms with Crippen molar-refractivity contribution in [2.75, 3.05) is 7.11 Å². The number of halogens is 4. The second kappa shape index (κ2) is 8.92. The maximum atomic E-state index is 10.7. The van der Waals surface area contributed by atoms with Crippen molar-refractivity contribution in [3.8, 4) is 5.75 Å². The number of carboxylic acids is 1. The van der Waals surface area contributed by atoms with Crippen molar-refractivity contribution in [3.63, 3.8) is 0 Å². The topological polar surface area (TPSA) is 63.6 Å². The first-order valence-corrected chi connectivity index (χ1v) is 7.65. The lowest BCUT2D eigenvalue weighted by atomic mass is 9.79. The molecule has 0 unspecified atom stereocenters. The number of alkyl halides is 3. The molecule has 1 saturated carbocycles. The number of carbonyl (C=O) groups is 2. The van der Waals surface area contributed by atoms with E-state index >= 15 is 0 Å². The molecule has 1 fully saturated rings. The van der Waals surface area contributed by atoms with Gasteiger partial charge in [-0.05, 0) is 49.3 Å². The molecule has 0 heterocycles. The van der Waals surface area contributed by atoms with Crippen LogP contribution in [-0.2, 0) is 9.59 Å². The highest BCUT2D eigenvalue weighted by atomic mass is 35.5. The van der Waals surface area contributed by atoms with E-state index in [-0.39, 0.29) is 5.92 Å². The second-order valence-corrected chi connectivity index (χ2v) is 5.85. The molecule has 24 heavy (non-hydrogen) atoms. The highest BCUT2D eigenvalue weighted by molar-refractivity contribution is 6.32. The number of ether oxygens (including phenoxy) is 1. The number of aldehydes is 1. The predicted octanol–water partition coefficient (Wildman–Crippen LogP) is 4.45. The second-order valence-electron chi connectivity index (χ2n) is 5.44. The lowest BCUT2D eigenvalue weighted by molar-refractivity contribution is -0.192. The Kier molecular flexibility index (Phi) is 7.54. The maximum Gasteiger partial charge on any atom is 0.490 e. The molecular formula is C16H18ClF3O4. The summed E-state index contributed by atoms with van der Waals surface area (Å²) in [4.78, 5) is 19.6. The molecule has 1 aromatic carbocycles. The largest absolute Gasteiger partial charge is 0.495 e. The van der Waals surface area contributed by atoms with Crippen LogP contribution in [0.5, 0.6) is 5.75 Å². The summed E-state index contributed by atoms with van der Waals surface area (Å²) in [6.45, 7) is 0. The van der Waals surface area contributed by atoms with Crippen molar-refractivity contribution < 1.29 is 32.6 Å². The van der Waals surface area contributed by atoms with Gasteiger partial charge in [0.25, 0.3) is 0 Å². The van der Waals surface area contributed by atoms with Gasteiger partial charge in [0.1, 0.15) is 12.0 Å². The van der Waals surface area contributed by atoms with Gasteiger partial charge in [0.2, 0.25) is 0 Å². The molecule has 1 aliphatic carbocycles. The Morgan fingerprint density at radius 2 is 1.83 bits per heavy atom. The van der Waals surface area contributed by atoms with Crippen LogP contribution in [0, 0.1) is 5.92 Å². The maximum absolute atomic E-state index is 10.7. The summed E-state index contributed by atoms with van der Waals surface area (Å²) in [5.41, 5.74) is 1.26. The van der Waals surface area contributed by atoms with Gasteiger partial charge in [0, 0.05) is 5.92 Å². The molecule has 2 rings (SSSR count). The van der Waals surface area contributed by atoms with Crippen molar-refractivity contribution in [2.45, 2.75) is 37.8 Å². The third-order valence-corrected chi connectivity index (χ3v) is 4.15. The van der Waals surface area contributed by atoms with Gasteiger partial charge in [0.05, 0.1) is 12.1 Å². The Balaban J connectivity index is 0.000000351. The van der Waals surface area contributed by atoms with E-state index in [0.29, 0.717) is 10.9 Å². The first-order valence-electron chi connectivity index (χ1n) is 7.27. The summed E-state index contributed by atoms with van der Waals surface area (Å²) in [6.07, 6.45) is 0.158. The fourth-order valence-electron chi connectivity index (χ4n) is 2.53. The van der Waals surface area contributed by atoms with Crippen LogP contribution in [0.2, 0.25) is 5.02 Å². The fraction of sp³-hybridized carbons (Fsp3) is 0.500. The van der Waals surface area contributed by atoms with Gasteiger partial charge in [-0.25, -0.2) is 4.79 Å².